The van der Waals surface area contributed by atoms with E-state index in [-0.39, 0.29) is 5.75 Å². The number of amides is 1. The topological polar surface area (TPSA) is 82.6 Å². The number of pyridine rings is 1. The summed E-state index contributed by atoms with van der Waals surface area (Å²) in [4.78, 5) is 20.4. The van der Waals surface area contributed by atoms with E-state index < -0.39 is 24.1 Å². The molecule has 4 rings (SSSR count). The quantitative estimate of drug-likeness (QED) is 0.556. The molecule has 0 radical (unpaired) electrons. The number of nitrogens with one attached hydrogen (secondary N) is 1. The van der Waals surface area contributed by atoms with Crippen molar-refractivity contribution in [3.63, 3.8) is 0 Å². The minimum atomic E-state index is -0.618. The van der Waals surface area contributed by atoms with Gasteiger partial charge in [-0.1, -0.05) is 11.6 Å². The average Bonchev–Trinajstić information content (AvgIpc) is 3.09. The van der Waals surface area contributed by atoms with Gasteiger partial charge < -0.3 is 14.2 Å². The van der Waals surface area contributed by atoms with Crippen LogP contribution in [0.5, 0.6) is 11.6 Å². The first-order valence-electron chi connectivity index (χ1n) is 9.42. The van der Waals surface area contributed by atoms with E-state index in [1.807, 2.05) is 0 Å². The van der Waals surface area contributed by atoms with Crippen molar-refractivity contribution in [3.05, 3.63) is 40.7 Å². The van der Waals surface area contributed by atoms with Crippen molar-refractivity contribution in [1.82, 2.24) is 9.97 Å². The molecule has 1 aromatic carbocycles. The number of fused-ring (bicyclic) bond motifs is 1. The molecule has 30 heavy (non-hydrogen) atoms. The number of rotatable bonds is 5. The van der Waals surface area contributed by atoms with Crippen LogP contribution in [-0.4, -0.2) is 35.4 Å². The van der Waals surface area contributed by atoms with E-state index in [1.165, 1.54) is 30.7 Å². The molecule has 0 aliphatic heterocycles. The van der Waals surface area contributed by atoms with E-state index in [0.717, 1.165) is 17.5 Å². The molecule has 0 bridgehead atoms. The highest BCUT2D eigenvalue weighted by molar-refractivity contribution is 7.22. The Morgan fingerprint density at radius 2 is 2.07 bits per heavy atom. The van der Waals surface area contributed by atoms with E-state index in [0.29, 0.717) is 34.4 Å². The van der Waals surface area contributed by atoms with Crippen molar-refractivity contribution >= 4 is 44.9 Å². The number of methoxy groups -OCH3 is 1. The monoisotopic (exact) mass is 451 g/mol. The smallest absolute Gasteiger partial charge is 0.412 e. The molecule has 1 amide bonds. The maximum absolute atomic E-state index is 14.5. The lowest BCUT2D eigenvalue weighted by atomic mass is 9.94. The fourth-order valence-corrected chi connectivity index (χ4v) is 4.39. The van der Waals surface area contributed by atoms with Gasteiger partial charge in [0.1, 0.15) is 12.2 Å². The van der Waals surface area contributed by atoms with Crippen molar-refractivity contribution in [2.75, 3.05) is 12.4 Å². The van der Waals surface area contributed by atoms with Crippen LogP contribution in [0.15, 0.2) is 30.5 Å². The second-order valence-electron chi connectivity index (χ2n) is 6.82. The van der Waals surface area contributed by atoms with Crippen LogP contribution in [0.2, 0.25) is 4.47 Å². The van der Waals surface area contributed by atoms with Crippen molar-refractivity contribution in [3.8, 4) is 11.6 Å². The molecule has 3 aromatic rings. The van der Waals surface area contributed by atoms with Gasteiger partial charge in [0.05, 0.1) is 29.2 Å². The van der Waals surface area contributed by atoms with Crippen molar-refractivity contribution in [1.29, 1.82) is 0 Å². The van der Waals surface area contributed by atoms with Crippen LogP contribution < -0.4 is 14.8 Å². The van der Waals surface area contributed by atoms with Gasteiger partial charge in [-0.25, -0.2) is 19.2 Å². The normalized spacial score (nSPS) is 18.8. The highest BCUT2D eigenvalue weighted by Gasteiger charge is 2.31. The molecule has 0 spiro atoms. The zero-order chi connectivity index (χ0) is 21.1. The summed E-state index contributed by atoms with van der Waals surface area (Å²) in [6, 6.07) is 6.18. The van der Waals surface area contributed by atoms with Crippen LogP contribution in [-0.2, 0) is 4.74 Å². The maximum Gasteiger partial charge on any atom is 0.412 e. The van der Waals surface area contributed by atoms with Crippen LogP contribution in [0.3, 0.4) is 0 Å². The third-order valence-corrected chi connectivity index (χ3v) is 5.91. The van der Waals surface area contributed by atoms with Crippen LogP contribution in [0, 0.1) is 5.82 Å². The predicted octanol–water partition coefficient (Wildman–Crippen LogP) is 5.43. The molecular formula is C20H19ClFN3O4S. The fourth-order valence-electron chi connectivity index (χ4n) is 3.35. The summed E-state index contributed by atoms with van der Waals surface area (Å²) in [7, 11) is 1.51. The summed E-state index contributed by atoms with van der Waals surface area (Å²) < 4.78 is 32.0. The largest absolute Gasteiger partial charge is 0.483 e. The van der Waals surface area contributed by atoms with Crippen LogP contribution in [0.4, 0.5) is 14.9 Å². The Labute approximate surface area is 181 Å². The van der Waals surface area contributed by atoms with Gasteiger partial charge in [-0.15, -0.1) is 11.3 Å². The number of thiazole rings is 1. The Bertz CT molecular complexity index is 1050. The maximum atomic E-state index is 14.5. The number of aromatic nitrogens is 2. The number of hydrogen-bond acceptors (Lipinski definition) is 7. The summed E-state index contributed by atoms with van der Waals surface area (Å²) >= 11 is 7.16. The van der Waals surface area contributed by atoms with Gasteiger partial charge in [-0.2, -0.15) is 0 Å². The molecule has 2 heterocycles. The van der Waals surface area contributed by atoms with Gasteiger partial charge in [-0.3, -0.25) is 5.32 Å². The van der Waals surface area contributed by atoms with Crippen molar-refractivity contribution < 1.29 is 23.4 Å². The van der Waals surface area contributed by atoms with Crippen molar-refractivity contribution in [2.45, 2.75) is 37.9 Å². The fraction of sp³-hybridized carbons (Fsp3) is 0.350. The predicted molar refractivity (Wildman–Crippen MR) is 112 cm³/mol. The molecule has 10 heteroatoms. The first kappa shape index (κ1) is 20.6. The number of hydrogen-bond donors (Lipinski definition) is 1. The van der Waals surface area contributed by atoms with Crippen molar-refractivity contribution in [2.24, 2.45) is 0 Å². The summed E-state index contributed by atoms with van der Waals surface area (Å²) in [5, 5.41) is 2.63. The lowest BCUT2D eigenvalue weighted by Gasteiger charge is -2.31. The summed E-state index contributed by atoms with van der Waals surface area (Å²) in [5.41, 5.74) is 0.964. The molecule has 2 aromatic heterocycles. The Kier molecular flexibility index (Phi) is 6.19. The lowest BCUT2D eigenvalue weighted by molar-refractivity contribution is -0.00440. The lowest BCUT2D eigenvalue weighted by Crippen LogP contribution is -2.39. The van der Waals surface area contributed by atoms with Crippen LogP contribution in [0.25, 0.3) is 10.2 Å². The third-order valence-electron chi connectivity index (χ3n) is 4.79. The van der Waals surface area contributed by atoms with E-state index in [2.05, 4.69) is 15.3 Å². The highest BCUT2D eigenvalue weighted by Crippen LogP contribution is 2.33. The van der Waals surface area contributed by atoms with Gasteiger partial charge in [0.2, 0.25) is 5.88 Å². The van der Waals surface area contributed by atoms with E-state index in [4.69, 9.17) is 25.8 Å². The number of carbonyl (C=O) groups excluding carboxylic acids is 1. The zero-order valence-corrected chi connectivity index (χ0v) is 17.6. The minimum Gasteiger partial charge on any atom is -0.483 e. The zero-order valence-electron chi connectivity index (χ0n) is 16.1. The molecule has 1 aliphatic carbocycles. The first-order valence-corrected chi connectivity index (χ1v) is 10.6. The Morgan fingerprint density at radius 3 is 2.80 bits per heavy atom. The first-order chi connectivity index (χ1) is 14.5. The molecule has 1 saturated carbocycles. The Hall–Kier alpha value is -2.65. The average molecular weight is 452 g/mol. The second-order valence-corrected chi connectivity index (χ2v) is 8.43. The molecule has 1 fully saturated rings. The van der Waals surface area contributed by atoms with E-state index in [9.17, 15) is 9.18 Å². The molecule has 1 aliphatic rings. The summed E-state index contributed by atoms with van der Waals surface area (Å²) in [6.45, 7) is 0. The number of halogens is 2. The molecule has 158 valence electrons. The molecule has 2 atom stereocenters. The molecule has 1 N–H and O–H groups in total. The number of ether oxygens (including phenoxy) is 3. The number of carbonyl (C=O) groups is 1. The van der Waals surface area contributed by atoms with Gasteiger partial charge >= 0.3 is 6.09 Å². The van der Waals surface area contributed by atoms with E-state index in [1.54, 1.807) is 18.2 Å². The summed E-state index contributed by atoms with van der Waals surface area (Å²) in [5.74, 6) is 0.0153. The number of benzene rings is 1. The minimum absolute atomic E-state index is 0.100. The molecule has 0 saturated heterocycles. The molecular weight excluding hydrogens is 433 g/mol. The molecule has 1 unspecified atom stereocenters. The van der Waals surface area contributed by atoms with Crippen LogP contribution in [0.1, 0.15) is 25.7 Å². The summed E-state index contributed by atoms with van der Waals surface area (Å²) in [6.07, 6.45) is 3.00. The van der Waals surface area contributed by atoms with Gasteiger partial charge in [-0.05, 0) is 31.7 Å². The van der Waals surface area contributed by atoms with Crippen LogP contribution >= 0.6 is 22.9 Å². The van der Waals surface area contributed by atoms with E-state index >= 15 is 0 Å². The van der Waals surface area contributed by atoms with Gasteiger partial charge in [0, 0.05) is 18.2 Å². The Balaban J connectivity index is 1.43. The van der Waals surface area contributed by atoms with Gasteiger partial charge in [0.15, 0.2) is 16.0 Å². The van der Waals surface area contributed by atoms with Gasteiger partial charge in [0.25, 0.3) is 0 Å². The highest BCUT2D eigenvalue weighted by atomic mass is 35.5. The number of anilines is 1. The Morgan fingerprint density at radius 1 is 1.27 bits per heavy atom. The standard InChI is InChI=1S/C20H19ClFN3O4S/c1-27-18-7-6-11(10-23-18)24-20(26)29-15-5-3-2-4-14(15)28-16-9-17-13(8-12(16)22)25-19(21)30-17/h6-10,14-15H,2-5H2,1H3,(H,24,26)/t14-,15?/m0/s1. The number of nitrogens with zero attached hydrogens (tertiary/aromatic N) is 2. The SMILES string of the molecule is COc1ccc(NC(=O)OC2CCCC[C@@H]2Oc2cc3sc(Cl)nc3cc2F)cn1. The second kappa shape index (κ2) is 9.01. The third kappa shape index (κ3) is 4.73. The molecule has 7 nitrogen and oxygen atoms in total.